The number of para-hydroxylation sites is 1. The van der Waals surface area contributed by atoms with Gasteiger partial charge in [-0.1, -0.05) is 12.1 Å². The molecule has 0 aliphatic heterocycles. The molecule has 0 aliphatic rings. The summed E-state index contributed by atoms with van der Waals surface area (Å²) in [7, 11) is -2.52. The average Bonchev–Trinajstić information content (AvgIpc) is 2.58. The van der Waals surface area contributed by atoms with Crippen molar-refractivity contribution >= 4 is 16.2 Å². The van der Waals surface area contributed by atoms with Crippen LogP contribution in [0.25, 0.3) is 0 Å². The lowest BCUT2D eigenvalue weighted by Gasteiger charge is -2.10. The minimum atomic E-state index is -3.91. The van der Waals surface area contributed by atoms with Crippen LogP contribution in [0.4, 0.5) is 0 Å². The highest BCUT2D eigenvalue weighted by atomic mass is 32.2. The van der Waals surface area contributed by atoms with Crippen LogP contribution in [0.5, 0.6) is 17.2 Å². The molecule has 0 atom stereocenters. The lowest BCUT2D eigenvalue weighted by molar-refractivity contribution is 0.318. The van der Waals surface area contributed by atoms with E-state index in [1.165, 1.54) is 19.4 Å². The van der Waals surface area contributed by atoms with Crippen LogP contribution in [0, 0.1) is 6.92 Å². The first-order chi connectivity index (χ1) is 11.9. The fourth-order valence-electron chi connectivity index (χ4n) is 2.12. The van der Waals surface area contributed by atoms with E-state index >= 15 is 0 Å². The van der Waals surface area contributed by atoms with Crippen LogP contribution in [0.2, 0.25) is 0 Å². The summed E-state index contributed by atoms with van der Waals surface area (Å²) in [6.45, 7) is 3.97. The van der Waals surface area contributed by atoms with Crippen molar-refractivity contribution in [3.8, 4) is 17.2 Å². The Morgan fingerprint density at radius 3 is 2.68 bits per heavy atom. The molecule has 0 amide bonds. The molecule has 0 aliphatic carbocycles. The van der Waals surface area contributed by atoms with Gasteiger partial charge in [-0.3, -0.25) is 0 Å². The first-order valence-electron chi connectivity index (χ1n) is 7.53. The lowest BCUT2D eigenvalue weighted by atomic mass is 10.2. The normalized spacial score (nSPS) is 11.5. The molecule has 134 valence electrons. The summed E-state index contributed by atoms with van der Waals surface area (Å²) in [5, 5.41) is 13.8. The van der Waals surface area contributed by atoms with Crippen molar-refractivity contribution in [1.29, 1.82) is 0 Å². The molecule has 0 radical (unpaired) electrons. The van der Waals surface area contributed by atoms with Crippen molar-refractivity contribution in [2.24, 2.45) is 5.10 Å². The van der Waals surface area contributed by atoms with Crippen LogP contribution in [0.15, 0.2) is 46.4 Å². The third kappa shape index (κ3) is 4.42. The van der Waals surface area contributed by atoms with Gasteiger partial charge >= 0.3 is 0 Å². The third-order valence-electron chi connectivity index (χ3n) is 3.32. The molecule has 0 saturated carbocycles. The number of phenols is 1. The highest BCUT2D eigenvalue weighted by molar-refractivity contribution is 7.89. The van der Waals surface area contributed by atoms with Crippen LogP contribution in [-0.2, 0) is 10.0 Å². The smallest absolute Gasteiger partial charge is 0.280 e. The second-order valence-electron chi connectivity index (χ2n) is 5.13. The Kier molecular flexibility index (Phi) is 5.87. The first-order valence-corrected chi connectivity index (χ1v) is 9.01. The van der Waals surface area contributed by atoms with E-state index in [1.54, 1.807) is 44.2 Å². The van der Waals surface area contributed by atoms with E-state index in [0.717, 1.165) is 5.56 Å². The van der Waals surface area contributed by atoms with Gasteiger partial charge in [0, 0.05) is 5.56 Å². The van der Waals surface area contributed by atoms with Crippen molar-refractivity contribution in [3.63, 3.8) is 0 Å². The summed E-state index contributed by atoms with van der Waals surface area (Å²) in [5.74, 6) is 0.407. The van der Waals surface area contributed by atoms with E-state index < -0.39 is 10.0 Å². The van der Waals surface area contributed by atoms with E-state index in [-0.39, 0.29) is 16.4 Å². The number of ether oxygens (including phenoxy) is 2. The predicted molar refractivity (Wildman–Crippen MR) is 94.9 cm³/mol. The van der Waals surface area contributed by atoms with E-state index in [4.69, 9.17) is 9.47 Å². The summed E-state index contributed by atoms with van der Waals surface area (Å²) in [4.78, 5) is 2.10. The molecule has 0 heterocycles. The molecule has 8 heteroatoms. The standard InChI is InChI=1S/C17H20N2O5S/c1-4-24-15-7-5-6-13(17(15)20)11-18-19-25(21,22)16-10-12(2)8-9-14(16)23-3/h5-11,19-20H,4H2,1-3H3/b18-11+. The number of sulfonamides is 1. The Bertz CT molecular complexity index is 879. The Balaban J connectivity index is 2.25. The Labute approximate surface area is 147 Å². The maximum absolute atomic E-state index is 12.4. The summed E-state index contributed by atoms with van der Waals surface area (Å²) in [6, 6.07) is 9.68. The number of aromatic hydroxyl groups is 1. The van der Waals surface area contributed by atoms with E-state index in [9.17, 15) is 13.5 Å². The van der Waals surface area contributed by atoms with Crippen LogP contribution < -0.4 is 14.3 Å². The number of phenolic OH excluding ortho intramolecular Hbond substituents is 1. The monoisotopic (exact) mass is 364 g/mol. The highest BCUT2D eigenvalue weighted by Gasteiger charge is 2.19. The molecule has 0 saturated heterocycles. The molecule has 2 aromatic rings. The SMILES string of the molecule is CCOc1cccc(/C=N/NS(=O)(=O)c2cc(C)ccc2OC)c1O. The molecule has 2 aromatic carbocycles. The number of hydrazone groups is 1. The number of hydrogen-bond donors (Lipinski definition) is 2. The van der Waals surface area contributed by atoms with Gasteiger partial charge in [-0.2, -0.15) is 18.4 Å². The first kappa shape index (κ1) is 18.6. The zero-order valence-corrected chi connectivity index (χ0v) is 15.0. The van der Waals surface area contributed by atoms with Crippen LogP contribution in [0.1, 0.15) is 18.1 Å². The van der Waals surface area contributed by atoms with Crippen molar-refractivity contribution in [1.82, 2.24) is 4.83 Å². The van der Waals surface area contributed by atoms with Crippen LogP contribution in [0.3, 0.4) is 0 Å². The average molecular weight is 364 g/mol. The molecule has 0 bridgehead atoms. The fraction of sp³-hybridized carbons (Fsp3) is 0.235. The van der Waals surface area contributed by atoms with Crippen molar-refractivity contribution in [2.45, 2.75) is 18.7 Å². The lowest BCUT2D eigenvalue weighted by Crippen LogP contribution is -2.19. The molecular formula is C17H20N2O5S. The molecule has 25 heavy (non-hydrogen) atoms. The quantitative estimate of drug-likeness (QED) is 0.581. The van der Waals surface area contributed by atoms with Gasteiger partial charge in [-0.15, -0.1) is 0 Å². The molecule has 0 unspecified atom stereocenters. The molecule has 2 N–H and O–H groups in total. The Morgan fingerprint density at radius 1 is 1.24 bits per heavy atom. The Hall–Kier alpha value is -2.74. The summed E-state index contributed by atoms with van der Waals surface area (Å²) in [5.41, 5.74) is 1.09. The van der Waals surface area contributed by atoms with Crippen molar-refractivity contribution in [2.75, 3.05) is 13.7 Å². The van der Waals surface area contributed by atoms with Crippen LogP contribution in [-0.4, -0.2) is 33.5 Å². The van der Waals surface area contributed by atoms with Gasteiger partial charge in [-0.25, -0.2) is 0 Å². The molecule has 0 spiro atoms. The third-order valence-corrected chi connectivity index (χ3v) is 4.56. The predicted octanol–water partition coefficient (Wildman–Crippen LogP) is 2.42. The maximum atomic E-state index is 12.4. The largest absolute Gasteiger partial charge is 0.504 e. The molecule has 0 aromatic heterocycles. The maximum Gasteiger partial charge on any atom is 0.280 e. The van der Waals surface area contributed by atoms with E-state index in [2.05, 4.69) is 9.93 Å². The minimum Gasteiger partial charge on any atom is -0.504 e. The van der Waals surface area contributed by atoms with Crippen molar-refractivity contribution in [3.05, 3.63) is 47.5 Å². The van der Waals surface area contributed by atoms with Gasteiger partial charge in [0.25, 0.3) is 10.0 Å². The van der Waals surface area contributed by atoms with E-state index in [1.807, 2.05) is 0 Å². The van der Waals surface area contributed by atoms with Gasteiger partial charge in [0.1, 0.15) is 10.6 Å². The van der Waals surface area contributed by atoms with Gasteiger partial charge in [0.15, 0.2) is 11.5 Å². The minimum absolute atomic E-state index is 0.0144. The van der Waals surface area contributed by atoms with Crippen LogP contribution >= 0.6 is 0 Å². The van der Waals surface area contributed by atoms with E-state index in [0.29, 0.717) is 17.9 Å². The Morgan fingerprint density at radius 2 is 2.00 bits per heavy atom. The second-order valence-corrected chi connectivity index (χ2v) is 6.76. The summed E-state index contributed by atoms with van der Waals surface area (Å²) in [6.07, 6.45) is 1.21. The second kappa shape index (κ2) is 7.89. The topological polar surface area (TPSA) is 97.2 Å². The van der Waals surface area contributed by atoms with Gasteiger partial charge in [-0.05, 0) is 43.7 Å². The molecule has 2 rings (SSSR count). The number of nitrogens with one attached hydrogen (secondary N) is 1. The summed E-state index contributed by atoms with van der Waals surface area (Å²) < 4.78 is 35.2. The molecule has 0 fully saturated rings. The summed E-state index contributed by atoms with van der Waals surface area (Å²) >= 11 is 0. The number of rotatable bonds is 7. The number of hydrogen-bond acceptors (Lipinski definition) is 6. The zero-order valence-electron chi connectivity index (χ0n) is 14.2. The number of aryl methyl sites for hydroxylation is 1. The number of methoxy groups -OCH3 is 1. The zero-order chi connectivity index (χ0) is 18.4. The molecule has 7 nitrogen and oxygen atoms in total. The van der Waals surface area contributed by atoms with Gasteiger partial charge in [0.05, 0.1) is 19.9 Å². The highest BCUT2D eigenvalue weighted by Crippen LogP contribution is 2.28. The number of nitrogens with zero attached hydrogens (tertiary/aromatic N) is 1. The number of benzene rings is 2. The molecular weight excluding hydrogens is 344 g/mol. The van der Waals surface area contributed by atoms with Gasteiger partial charge in [0.2, 0.25) is 0 Å². The fourth-order valence-corrected chi connectivity index (χ4v) is 3.17. The van der Waals surface area contributed by atoms with Crippen molar-refractivity contribution < 1.29 is 23.0 Å². The van der Waals surface area contributed by atoms with Gasteiger partial charge < -0.3 is 14.6 Å².